The Morgan fingerprint density at radius 2 is 1.57 bits per heavy atom. The van der Waals surface area contributed by atoms with E-state index in [0.29, 0.717) is 6.07 Å². The Hall–Kier alpha value is -5.18. The Kier molecular flexibility index (Phi) is 8.29. The summed E-state index contributed by atoms with van der Waals surface area (Å²) in [6.07, 6.45) is 0.509. The summed E-state index contributed by atoms with van der Waals surface area (Å²) in [5, 5.41) is 34.5. The number of esters is 1. The molecule has 0 spiro atoms. The van der Waals surface area contributed by atoms with E-state index in [1.165, 1.54) is 48.6 Å². The van der Waals surface area contributed by atoms with E-state index in [1.807, 2.05) is 0 Å². The number of benzene rings is 2. The highest BCUT2D eigenvalue weighted by atomic mass is 16.6. The number of nitrogens with zero attached hydrogens (tertiary/aromatic N) is 5. The number of amides is 2. The molecule has 0 N–H and O–H groups in total. The summed E-state index contributed by atoms with van der Waals surface area (Å²) in [4.78, 5) is 63.1. The Bertz CT molecular complexity index is 1400. The van der Waals surface area contributed by atoms with Crippen molar-refractivity contribution in [3.63, 3.8) is 0 Å². The summed E-state index contributed by atoms with van der Waals surface area (Å²) >= 11 is 0. The highest BCUT2D eigenvalue weighted by Gasteiger charge is 2.41. The Morgan fingerprint density at radius 3 is 2.08 bits per heavy atom. The van der Waals surface area contributed by atoms with Gasteiger partial charge in [-0.05, 0) is 32.9 Å². The number of carbonyl (C=O) groups is 3. The molecule has 15 heteroatoms. The highest BCUT2D eigenvalue weighted by Crippen LogP contribution is 2.32. The second-order valence-electron chi connectivity index (χ2n) is 9.62. The van der Waals surface area contributed by atoms with Crippen molar-refractivity contribution in [1.82, 2.24) is 9.38 Å². The molecule has 1 unspecified atom stereocenters. The fourth-order valence-electron chi connectivity index (χ4n) is 3.68. The molecule has 2 aromatic rings. The van der Waals surface area contributed by atoms with Crippen LogP contribution in [0.3, 0.4) is 0 Å². The van der Waals surface area contributed by atoms with Gasteiger partial charge in [0.25, 0.3) is 17.5 Å². The maximum absolute atomic E-state index is 12.6. The predicted molar refractivity (Wildman–Crippen MR) is 138 cm³/mol. The normalized spacial score (nSPS) is 16.1. The molecule has 1 atom stereocenters. The van der Waals surface area contributed by atoms with E-state index >= 15 is 0 Å². The molecule has 0 saturated heterocycles. The van der Waals surface area contributed by atoms with E-state index in [1.54, 1.807) is 20.8 Å². The van der Waals surface area contributed by atoms with Crippen molar-refractivity contribution >= 4 is 41.1 Å². The quantitative estimate of drug-likeness (QED) is 0.153. The van der Waals surface area contributed by atoms with E-state index < -0.39 is 55.0 Å². The van der Waals surface area contributed by atoms with E-state index in [4.69, 9.17) is 9.47 Å². The lowest BCUT2D eigenvalue weighted by Gasteiger charge is -2.32. The molecule has 1 aliphatic heterocycles. The van der Waals surface area contributed by atoms with Gasteiger partial charge in [-0.2, -0.15) is 4.48 Å². The number of nitro benzene ring substituents is 2. The molecular weight excluding hydrogens is 530 g/mol. The van der Waals surface area contributed by atoms with Crippen molar-refractivity contribution in [2.24, 2.45) is 4.99 Å². The van der Waals surface area contributed by atoms with Crippen molar-refractivity contribution in [3.8, 4) is 5.75 Å². The van der Waals surface area contributed by atoms with Gasteiger partial charge in [0, 0.05) is 37.9 Å². The first-order valence-electron chi connectivity index (χ1n) is 11.7. The minimum Gasteiger partial charge on any atom is -0.497 e. The molecular formula is C25H25N5O10. The smallest absolute Gasteiger partial charge is 0.410 e. The number of ether oxygens (including phenoxy) is 2. The molecule has 0 radical (unpaired) electrons. The van der Waals surface area contributed by atoms with Crippen LogP contribution in [0.4, 0.5) is 26.7 Å². The van der Waals surface area contributed by atoms with Gasteiger partial charge in [-0.1, -0.05) is 0 Å². The van der Waals surface area contributed by atoms with Gasteiger partial charge in [-0.15, -0.1) is 0 Å². The van der Waals surface area contributed by atoms with Crippen LogP contribution in [-0.4, -0.2) is 57.9 Å². The van der Waals surface area contributed by atoms with Gasteiger partial charge in [0.2, 0.25) is 5.84 Å². The summed E-state index contributed by atoms with van der Waals surface area (Å²) in [5.41, 5.74) is -2.30. The average Bonchev–Trinajstić information content (AvgIpc) is 3.31. The lowest BCUT2D eigenvalue weighted by Crippen LogP contribution is -2.59. The third-order valence-electron chi connectivity index (χ3n) is 5.60. The lowest BCUT2D eigenvalue weighted by molar-refractivity contribution is -0.394. The van der Waals surface area contributed by atoms with Crippen molar-refractivity contribution in [2.45, 2.75) is 32.8 Å². The van der Waals surface area contributed by atoms with Gasteiger partial charge in [0.05, 0.1) is 34.1 Å². The number of hydrogen-bond donors (Lipinski definition) is 0. The lowest BCUT2D eigenvalue weighted by atomic mass is 10.1. The number of amidine groups is 1. The van der Waals surface area contributed by atoms with Crippen LogP contribution in [0, 0.1) is 20.2 Å². The zero-order chi connectivity index (χ0) is 29.8. The van der Waals surface area contributed by atoms with Crippen LogP contribution < -0.4 is 14.3 Å². The predicted octanol–water partition coefficient (Wildman–Crippen LogP) is 3.51. The van der Waals surface area contributed by atoms with Crippen molar-refractivity contribution in [3.05, 3.63) is 80.7 Å². The minimum absolute atomic E-state index is 0.0546. The number of aliphatic imine (C=N–C) groups is 1. The molecule has 3 rings (SSSR count). The summed E-state index contributed by atoms with van der Waals surface area (Å²) in [5.74, 6) is -1.02. The maximum Gasteiger partial charge on any atom is 0.410 e. The number of carbonyl (C=O) groups excluding carboxylic acids is 3. The molecule has 1 heterocycles. The molecule has 0 aliphatic carbocycles. The Morgan fingerprint density at radius 1 is 1.00 bits per heavy atom. The molecule has 2 amide bonds. The number of rotatable bonds is 8. The molecule has 2 aromatic carbocycles. The van der Waals surface area contributed by atoms with Gasteiger partial charge in [0.15, 0.2) is 0 Å². The van der Waals surface area contributed by atoms with Crippen LogP contribution in [0.5, 0.6) is 5.75 Å². The number of nitro groups is 2. The van der Waals surface area contributed by atoms with Crippen molar-refractivity contribution in [2.75, 3.05) is 13.6 Å². The van der Waals surface area contributed by atoms with Crippen LogP contribution in [0.15, 0.2) is 59.9 Å². The highest BCUT2D eigenvalue weighted by molar-refractivity contribution is 6.10. The fourth-order valence-corrected chi connectivity index (χ4v) is 3.68. The van der Waals surface area contributed by atoms with Crippen molar-refractivity contribution in [1.29, 1.82) is 0 Å². The number of carboxylic acid groups (broad SMARTS) is 1. The molecule has 1 aliphatic rings. The first-order chi connectivity index (χ1) is 18.6. The third-order valence-corrected chi connectivity index (χ3v) is 5.60. The zero-order valence-corrected chi connectivity index (χ0v) is 21.9. The summed E-state index contributed by atoms with van der Waals surface area (Å²) < 4.78 is 9.58. The van der Waals surface area contributed by atoms with Gasteiger partial charge in [0.1, 0.15) is 23.2 Å². The molecule has 210 valence electrons. The average molecular weight is 556 g/mol. The molecule has 15 nitrogen and oxygen atoms in total. The van der Waals surface area contributed by atoms with Crippen LogP contribution in [0.1, 0.15) is 37.6 Å². The van der Waals surface area contributed by atoms with Crippen LogP contribution in [0.2, 0.25) is 0 Å². The molecule has 0 bridgehead atoms. The van der Waals surface area contributed by atoms with Gasteiger partial charge >= 0.3 is 12.1 Å². The topological polar surface area (TPSA) is 195 Å². The second-order valence-corrected chi connectivity index (χ2v) is 9.62. The maximum atomic E-state index is 12.6. The Balaban J connectivity index is 1.79. The molecule has 40 heavy (non-hydrogen) atoms. The fraction of sp³-hybridized carbons (Fsp3) is 0.280. The van der Waals surface area contributed by atoms with Crippen LogP contribution >= 0.6 is 0 Å². The molecule has 0 saturated carbocycles. The van der Waals surface area contributed by atoms with E-state index in [9.17, 15) is 39.7 Å². The minimum atomic E-state index is -1.53. The molecule has 0 fully saturated rings. The van der Waals surface area contributed by atoms with Gasteiger partial charge in [-0.25, -0.2) is 14.6 Å². The van der Waals surface area contributed by atoms with Gasteiger partial charge < -0.3 is 24.3 Å². The van der Waals surface area contributed by atoms with E-state index in [0.717, 1.165) is 12.1 Å². The molecule has 0 aromatic heterocycles. The second kappa shape index (κ2) is 11.3. The summed E-state index contributed by atoms with van der Waals surface area (Å²) in [6, 6.07) is 7.63. The number of hydrogen-bond acceptors (Lipinski definition) is 11. The first kappa shape index (κ1) is 29.4. The largest absolute Gasteiger partial charge is 0.497 e. The zero-order valence-electron chi connectivity index (χ0n) is 21.9. The summed E-state index contributed by atoms with van der Waals surface area (Å²) in [6.45, 7) is 5.25. The van der Waals surface area contributed by atoms with E-state index in [2.05, 4.69) is 4.99 Å². The number of non-ortho nitro benzene ring substituents is 2. The third kappa shape index (κ3) is 6.44. The summed E-state index contributed by atoms with van der Waals surface area (Å²) in [7, 11) is 1.50. The monoisotopic (exact) mass is 555 g/mol. The van der Waals surface area contributed by atoms with Gasteiger partial charge in [-0.3, -0.25) is 20.2 Å². The Labute approximate surface area is 227 Å². The SMILES string of the molecule is CN(CCC1=NC=C[N+]1(C(=O)[O-])c1ccc(OC(=O)c2cc([N+](=O)[O-])cc([N+](=O)[O-])c2)cc1)C(=O)OC(C)(C)C. The standard InChI is InChI=1S/C25H25N5O10/c1-25(2,3)40-23(32)27(4)11-9-21-26-10-12-30(21,24(33)34)19-5-7-20(8-6-19)39-22(31)16-13-17(28(35)36)15-18(14-16)29(37)38/h5-8,10,12-15H,9,11H2,1-4H3. The first-order valence-corrected chi connectivity index (χ1v) is 11.7. The van der Waals surface area contributed by atoms with Crippen LogP contribution in [0.25, 0.3) is 0 Å². The van der Waals surface area contributed by atoms with Crippen molar-refractivity contribution < 1.29 is 38.8 Å². The number of quaternary nitrogens is 1. The van der Waals surface area contributed by atoms with E-state index in [-0.39, 0.29) is 30.2 Å². The van der Waals surface area contributed by atoms with Crippen LogP contribution in [-0.2, 0) is 4.74 Å².